The second-order valence-electron chi connectivity index (χ2n) is 7.86. The summed E-state index contributed by atoms with van der Waals surface area (Å²) in [6.07, 6.45) is 0. The first-order chi connectivity index (χ1) is 14.9. The Labute approximate surface area is 169 Å². The Morgan fingerprint density at radius 3 is 2.33 bits per heavy atom. The summed E-state index contributed by atoms with van der Waals surface area (Å²) in [7, 11) is 0. The lowest BCUT2D eigenvalue weighted by molar-refractivity contribution is 0.673. The standard InChI is InChI=1S/C26H13N3O/c1-4-11-21-14(6-1)15-12-13-20-22(25(15)30-21)16-7-5-8-17-23-26(29(20)24(16)17)28-19-10-3-2-9-18(19)27-23/h1-13H. The SMILES string of the molecule is c1ccc2nc3c(nc2c1)c1cccc2c4c5oc6ccccc6c5ccc4n3c12. The van der Waals surface area contributed by atoms with Crippen LogP contribution in [0, 0.1) is 0 Å². The monoisotopic (exact) mass is 383 g/mol. The number of benzene rings is 4. The van der Waals surface area contributed by atoms with Crippen molar-refractivity contribution in [2.75, 3.05) is 0 Å². The lowest BCUT2D eigenvalue weighted by Crippen LogP contribution is -1.88. The summed E-state index contributed by atoms with van der Waals surface area (Å²) in [5.74, 6) is 0. The summed E-state index contributed by atoms with van der Waals surface area (Å²) in [5, 5.41) is 5.74. The maximum absolute atomic E-state index is 6.36. The van der Waals surface area contributed by atoms with Gasteiger partial charge in [0.25, 0.3) is 0 Å². The third kappa shape index (κ3) is 1.57. The highest BCUT2D eigenvalue weighted by atomic mass is 16.3. The topological polar surface area (TPSA) is 43.3 Å². The Bertz CT molecular complexity index is 1960. The fraction of sp³-hybridized carbons (Fsp3) is 0. The maximum Gasteiger partial charge on any atom is 0.165 e. The van der Waals surface area contributed by atoms with Gasteiger partial charge in [0.2, 0.25) is 0 Å². The highest BCUT2D eigenvalue weighted by Crippen LogP contribution is 2.43. The molecule has 0 saturated carbocycles. The van der Waals surface area contributed by atoms with Crippen LogP contribution in [0.2, 0.25) is 0 Å². The van der Waals surface area contributed by atoms with Gasteiger partial charge < -0.3 is 4.42 Å². The number of rotatable bonds is 0. The van der Waals surface area contributed by atoms with E-state index in [2.05, 4.69) is 46.9 Å². The number of aromatic nitrogens is 3. The van der Waals surface area contributed by atoms with E-state index in [1.54, 1.807) is 0 Å². The van der Waals surface area contributed by atoms with E-state index in [0.29, 0.717) is 0 Å². The van der Waals surface area contributed by atoms with Gasteiger partial charge >= 0.3 is 0 Å². The predicted octanol–water partition coefficient (Wildman–Crippen LogP) is 6.68. The molecule has 0 aliphatic heterocycles. The van der Waals surface area contributed by atoms with Gasteiger partial charge in [0, 0.05) is 21.5 Å². The first-order valence-corrected chi connectivity index (χ1v) is 10.0. The molecule has 0 bridgehead atoms. The molecule has 8 aromatic rings. The Morgan fingerprint density at radius 1 is 0.633 bits per heavy atom. The third-order valence-corrected chi connectivity index (χ3v) is 6.31. The molecule has 8 rings (SSSR count). The highest BCUT2D eigenvalue weighted by Gasteiger charge is 2.22. The number of nitrogens with zero attached hydrogens (tertiary/aromatic N) is 3. The average molecular weight is 383 g/mol. The van der Waals surface area contributed by atoms with Crippen molar-refractivity contribution >= 4 is 71.3 Å². The molecular weight excluding hydrogens is 370 g/mol. The summed E-state index contributed by atoms with van der Waals surface area (Å²) in [5.41, 5.74) is 7.78. The number of furan rings is 1. The fourth-order valence-corrected chi connectivity index (χ4v) is 5.07. The summed E-state index contributed by atoms with van der Waals surface area (Å²) >= 11 is 0. The van der Waals surface area contributed by atoms with Crippen LogP contribution >= 0.6 is 0 Å². The lowest BCUT2D eigenvalue weighted by Gasteiger charge is -2.00. The molecule has 4 aromatic carbocycles. The van der Waals surface area contributed by atoms with Crippen LogP contribution in [-0.2, 0) is 0 Å². The molecule has 4 heteroatoms. The molecular formula is C26H13N3O. The summed E-state index contributed by atoms with van der Waals surface area (Å²) in [6.45, 7) is 0. The molecule has 0 fully saturated rings. The second kappa shape index (κ2) is 4.86. The average Bonchev–Trinajstić information content (AvgIpc) is 3.43. The normalized spacial score (nSPS) is 12.7. The molecule has 0 aliphatic carbocycles. The Kier molecular flexibility index (Phi) is 2.39. The number of fused-ring (bicyclic) bond motifs is 11. The quantitative estimate of drug-likeness (QED) is 0.293. The van der Waals surface area contributed by atoms with E-state index >= 15 is 0 Å². The molecule has 0 N–H and O–H groups in total. The zero-order chi connectivity index (χ0) is 19.4. The fourth-order valence-electron chi connectivity index (χ4n) is 5.07. The van der Waals surface area contributed by atoms with Crippen molar-refractivity contribution in [3.05, 3.63) is 78.9 Å². The smallest absolute Gasteiger partial charge is 0.165 e. The largest absolute Gasteiger partial charge is 0.455 e. The van der Waals surface area contributed by atoms with Crippen molar-refractivity contribution in [2.45, 2.75) is 0 Å². The molecule has 0 amide bonds. The van der Waals surface area contributed by atoms with E-state index in [4.69, 9.17) is 14.4 Å². The molecule has 4 nitrogen and oxygen atoms in total. The molecule has 0 saturated heterocycles. The lowest BCUT2D eigenvalue weighted by atomic mass is 10.1. The molecule has 0 spiro atoms. The van der Waals surface area contributed by atoms with Crippen LogP contribution in [0.1, 0.15) is 0 Å². The van der Waals surface area contributed by atoms with Crippen molar-refractivity contribution in [3.8, 4) is 0 Å². The van der Waals surface area contributed by atoms with E-state index in [1.807, 2.05) is 36.4 Å². The zero-order valence-corrected chi connectivity index (χ0v) is 15.8. The number of hydrogen-bond donors (Lipinski definition) is 0. The van der Waals surface area contributed by atoms with Crippen molar-refractivity contribution in [1.29, 1.82) is 0 Å². The first-order valence-electron chi connectivity index (χ1n) is 10.0. The first kappa shape index (κ1) is 14.8. The molecule has 0 radical (unpaired) electrons. The third-order valence-electron chi connectivity index (χ3n) is 6.31. The molecule has 138 valence electrons. The number of hydrogen-bond acceptors (Lipinski definition) is 3. The maximum atomic E-state index is 6.36. The van der Waals surface area contributed by atoms with Gasteiger partial charge in [-0.05, 0) is 30.3 Å². The van der Waals surface area contributed by atoms with Gasteiger partial charge in [0.05, 0.1) is 27.5 Å². The Morgan fingerprint density at radius 2 is 1.40 bits per heavy atom. The van der Waals surface area contributed by atoms with Gasteiger partial charge in [-0.1, -0.05) is 48.5 Å². The van der Waals surface area contributed by atoms with E-state index < -0.39 is 0 Å². The minimum atomic E-state index is 0.894. The van der Waals surface area contributed by atoms with Gasteiger partial charge in [-0.2, -0.15) is 0 Å². The van der Waals surface area contributed by atoms with Crippen LogP contribution < -0.4 is 0 Å². The van der Waals surface area contributed by atoms with Crippen molar-refractivity contribution in [2.24, 2.45) is 0 Å². The minimum Gasteiger partial charge on any atom is -0.455 e. The van der Waals surface area contributed by atoms with Crippen LogP contribution in [0.5, 0.6) is 0 Å². The Balaban J connectivity index is 1.70. The molecule has 0 aliphatic rings. The van der Waals surface area contributed by atoms with Gasteiger partial charge in [-0.25, -0.2) is 9.97 Å². The highest BCUT2D eigenvalue weighted by molar-refractivity contribution is 6.29. The molecule has 0 unspecified atom stereocenters. The van der Waals surface area contributed by atoms with E-state index in [0.717, 1.165) is 65.9 Å². The van der Waals surface area contributed by atoms with E-state index in [1.165, 1.54) is 5.39 Å². The minimum absolute atomic E-state index is 0.894. The van der Waals surface area contributed by atoms with Gasteiger partial charge in [-0.3, -0.25) is 4.40 Å². The van der Waals surface area contributed by atoms with Crippen molar-refractivity contribution < 1.29 is 4.42 Å². The van der Waals surface area contributed by atoms with Crippen LogP contribution in [0.3, 0.4) is 0 Å². The second-order valence-corrected chi connectivity index (χ2v) is 7.86. The van der Waals surface area contributed by atoms with Gasteiger partial charge in [-0.15, -0.1) is 0 Å². The van der Waals surface area contributed by atoms with Crippen molar-refractivity contribution in [1.82, 2.24) is 14.4 Å². The van der Waals surface area contributed by atoms with Crippen molar-refractivity contribution in [3.63, 3.8) is 0 Å². The van der Waals surface area contributed by atoms with E-state index in [-0.39, 0.29) is 0 Å². The van der Waals surface area contributed by atoms with Crippen LogP contribution in [0.4, 0.5) is 0 Å². The Hall–Kier alpha value is -4.18. The molecule has 4 aromatic heterocycles. The molecule has 30 heavy (non-hydrogen) atoms. The van der Waals surface area contributed by atoms with E-state index in [9.17, 15) is 0 Å². The molecule has 4 heterocycles. The van der Waals surface area contributed by atoms with Crippen LogP contribution in [-0.4, -0.2) is 14.4 Å². The summed E-state index contributed by atoms with van der Waals surface area (Å²) in [4.78, 5) is 9.98. The summed E-state index contributed by atoms with van der Waals surface area (Å²) < 4.78 is 8.61. The summed E-state index contributed by atoms with van der Waals surface area (Å²) in [6, 6.07) is 27.1. The van der Waals surface area contributed by atoms with Crippen LogP contribution in [0.15, 0.2) is 83.3 Å². The van der Waals surface area contributed by atoms with Crippen LogP contribution in [0.25, 0.3) is 71.3 Å². The van der Waals surface area contributed by atoms with Gasteiger partial charge in [0.1, 0.15) is 16.7 Å². The zero-order valence-electron chi connectivity index (χ0n) is 15.8. The number of para-hydroxylation sites is 4. The predicted molar refractivity (Wildman–Crippen MR) is 121 cm³/mol. The molecule has 0 atom stereocenters. The van der Waals surface area contributed by atoms with Gasteiger partial charge in [0.15, 0.2) is 5.65 Å².